The molecule has 1 aliphatic rings. The maximum atomic E-state index is 5.31. The molecule has 0 spiro atoms. The van der Waals surface area contributed by atoms with Crippen molar-refractivity contribution in [2.45, 2.75) is 38.1 Å². The lowest BCUT2D eigenvalue weighted by molar-refractivity contribution is 0.414. The number of thiocarbonyl (C=S) groups is 1. The van der Waals surface area contributed by atoms with Crippen LogP contribution in [0.5, 0.6) is 5.75 Å². The van der Waals surface area contributed by atoms with Crippen molar-refractivity contribution in [3.8, 4) is 5.75 Å². The zero-order valence-electron chi connectivity index (χ0n) is 11.4. The highest BCUT2D eigenvalue weighted by Crippen LogP contribution is 2.17. The molecule has 0 unspecified atom stereocenters. The molecule has 1 aromatic carbocycles. The summed E-state index contributed by atoms with van der Waals surface area (Å²) < 4.78 is 5.21. The average Bonchev–Trinajstić information content (AvgIpc) is 2.92. The van der Waals surface area contributed by atoms with E-state index in [9.17, 15) is 0 Å². The molecular formula is C15H22N2OS. The Morgan fingerprint density at radius 1 is 1.37 bits per heavy atom. The Labute approximate surface area is 120 Å². The minimum Gasteiger partial charge on any atom is -0.497 e. The van der Waals surface area contributed by atoms with E-state index in [2.05, 4.69) is 22.8 Å². The van der Waals surface area contributed by atoms with Gasteiger partial charge in [0, 0.05) is 12.6 Å². The summed E-state index contributed by atoms with van der Waals surface area (Å²) in [7, 11) is 1.69. The second-order valence-corrected chi connectivity index (χ2v) is 5.39. The fraction of sp³-hybridized carbons (Fsp3) is 0.533. The molecule has 0 radical (unpaired) electrons. The number of ether oxygens (including phenoxy) is 1. The predicted molar refractivity (Wildman–Crippen MR) is 82.7 cm³/mol. The van der Waals surface area contributed by atoms with Gasteiger partial charge in [0.15, 0.2) is 5.11 Å². The molecule has 1 aromatic rings. The normalized spacial score (nSPS) is 15.2. The van der Waals surface area contributed by atoms with E-state index in [-0.39, 0.29) is 0 Å². The summed E-state index contributed by atoms with van der Waals surface area (Å²) >= 11 is 5.31. The quantitative estimate of drug-likeness (QED) is 0.811. The summed E-state index contributed by atoms with van der Waals surface area (Å²) in [6, 6.07) is 8.73. The highest BCUT2D eigenvalue weighted by molar-refractivity contribution is 7.80. The van der Waals surface area contributed by atoms with Gasteiger partial charge in [0.25, 0.3) is 0 Å². The Balaban J connectivity index is 1.68. The lowest BCUT2D eigenvalue weighted by Gasteiger charge is -2.15. The van der Waals surface area contributed by atoms with Crippen molar-refractivity contribution in [3.63, 3.8) is 0 Å². The molecule has 1 aliphatic carbocycles. The molecule has 1 fully saturated rings. The molecule has 2 N–H and O–H groups in total. The Morgan fingerprint density at radius 3 is 2.89 bits per heavy atom. The Hall–Kier alpha value is -1.29. The van der Waals surface area contributed by atoms with Crippen LogP contribution in [0.1, 0.15) is 31.2 Å². The fourth-order valence-corrected chi connectivity index (χ4v) is 2.72. The smallest absolute Gasteiger partial charge is 0.166 e. The van der Waals surface area contributed by atoms with Crippen LogP contribution in [-0.4, -0.2) is 24.8 Å². The fourth-order valence-electron chi connectivity index (χ4n) is 2.45. The third kappa shape index (κ3) is 4.71. The number of nitrogens with one attached hydrogen (secondary N) is 2. The molecule has 0 atom stereocenters. The summed E-state index contributed by atoms with van der Waals surface area (Å²) in [6.07, 6.45) is 6.09. The van der Waals surface area contributed by atoms with E-state index in [1.165, 1.54) is 31.2 Å². The molecule has 3 nitrogen and oxygen atoms in total. The highest BCUT2D eigenvalue weighted by Gasteiger charge is 2.14. The summed E-state index contributed by atoms with van der Waals surface area (Å²) in [4.78, 5) is 0. The Bertz CT molecular complexity index is 416. The van der Waals surface area contributed by atoms with E-state index < -0.39 is 0 Å². The van der Waals surface area contributed by atoms with Gasteiger partial charge in [-0.1, -0.05) is 25.0 Å². The van der Waals surface area contributed by atoms with Crippen LogP contribution in [0, 0.1) is 0 Å². The minimum atomic E-state index is 0.580. The van der Waals surface area contributed by atoms with Crippen LogP contribution in [0.25, 0.3) is 0 Å². The first-order valence-electron chi connectivity index (χ1n) is 6.95. The monoisotopic (exact) mass is 278 g/mol. The van der Waals surface area contributed by atoms with Crippen molar-refractivity contribution in [2.75, 3.05) is 13.7 Å². The van der Waals surface area contributed by atoms with Crippen LogP contribution in [0.3, 0.4) is 0 Å². The molecule has 0 amide bonds. The van der Waals surface area contributed by atoms with Gasteiger partial charge in [0.2, 0.25) is 0 Å². The Kier molecular flexibility index (Phi) is 5.45. The largest absolute Gasteiger partial charge is 0.497 e. The summed E-state index contributed by atoms with van der Waals surface area (Å²) in [6.45, 7) is 0.853. The topological polar surface area (TPSA) is 33.3 Å². The first-order valence-corrected chi connectivity index (χ1v) is 7.36. The number of benzene rings is 1. The maximum absolute atomic E-state index is 5.31. The maximum Gasteiger partial charge on any atom is 0.166 e. The van der Waals surface area contributed by atoms with Gasteiger partial charge < -0.3 is 15.4 Å². The van der Waals surface area contributed by atoms with Crippen LogP contribution < -0.4 is 15.4 Å². The van der Waals surface area contributed by atoms with Crippen molar-refractivity contribution in [3.05, 3.63) is 29.8 Å². The first kappa shape index (κ1) is 14.1. The van der Waals surface area contributed by atoms with Gasteiger partial charge in [-0.15, -0.1) is 0 Å². The van der Waals surface area contributed by atoms with Gasteiger partial charge in [-0.2, -0.15) is 0 Å². The van der Waals surface area contributed by atoms with Crippen LogP contribution in [0.4, 0.5) is 0 Å². The molecule has 0 saturated heterocycles. The van der Waals surface area contributed by atoms with E-state index >= 15 is 0 Å². The Morgan fingerprint density at radius 2 is 2.16 bits per heavy atom. The molecule has 2 rings (SSSR count). The number of hydrogen-bond donors (Lipinski definition) is 2. The van der Waals surface area contributed by atoms with Crippen LogP contribution in [0.15, 0.2) is 24.3 Å². The van der Waals surface area contributed by atoms with Crippen molar-refractivity contribution in [2.24, 2.45) is 0 Å². The van der Waals surface area contributed by atoms with Crippen molar-refractivity contribution >= 4 is 17.3 Å². The van der Waals surface area contributed by atoms with Crippen LogP contribution >= 0.6 is 12.2 Å². The third-order valence-corrected chi connectivity index (χ3v) is 3.79. The van der Waals surface area contributed by atoms with Gasteiger partial charge in [-0.05, 0) is 49.2 Å². The average molecular weight is 278 g/mol. The van der Waals surface area contributed by atoms with Crippen molar-refractivity contribution in [1.82, 2.24) is 10.6 Å². The van der Waals surface area contributed by atoms with E-state index in [1.54, 1.807) is 7.11 Å². The number of hydrogen-bond acceptors (Lipinski definition) is 2. The molecule has 0 bridgehead atoms. The molecule has 0 aliphatic heterocycles. The van der Waals surface area contributed by atoms with Gasteiger partial charge in [0.05, 0.1) is 7.11 Å². The van der Waals surface area contributed by atoms with Gasteiger partial charge in [-0.3, -0.25) is 0 Å². The first-order chi connectivity index (χ1) is 9.28. The second-order valence-electron chi connectivity index (χ2n) is 4.98. The highest BCUT2D eigenvalue weighted by atomic mass is 32.1. The second kappa shape index (κ2) is 7.34. The SMILES string of the molecule is COc1cccc(CCNC(=S)NC2CCCC2)c1. The summed E-state index contributed by atoms with van der Waals surface area (Å²) in [5.41, 5.74) is 1.26. The van der Waals surface area contributed by atoms with E-state index in [0.29, 0.717) is 6.04 Å². The molecule has 104 valence electrons. The molecule has 4 heteroatoms. The van der Waals surface area contributed by atoms with Crippen molar-refractivity contribution in [1.29, 1.82) is 0 Å². The number of rotatable bonds is 5. The van der Waals surface area contributed by atoms with Gasteiger partial charge in [-0.25, -0.2) is 0 Å². The van der Waals surface area contributed by atoms with E-state index in [0.717, 1.165) is 23.8 Å². The third-order valence-electron chi connectivity index (χ3n) is 3.52. The van der Waals surface area contributed by atoms with Gasteiger partial charge in [0.1, 0.15) is 5.75 Å². The molecule has 0 aromatic heterocycles. The number of methoxy groups -OCH3 is 1. The van der Waals surface area contributed by atoms with Crippen molar-refractivity contribution < 1.29 is 4.74 Å². The summed E-state index contributed by atoms with van der Waals surface area (Å²) in [5, 5.41) is 7.45. The van der Waals surface area contributed by atoms with Crippen LogP contribution in [0.2, 0.25) is 0 Å². The standard InChI is InChI=1S/C15H22N2OS/c1-18-14-8-4-5-12(11-14)9-10-16-15(19)17-13-6-2-3-7-13/h4-5,8,11,13H,2-3,6-7,9-10H2,1H3,(H2,16,17,19). The van der Waals surface area contributed by atoms with E-state index in [4.69, 9.17) is 17.0 Å². The van der Waals surface area contributed by atoms with E-state index in [1.807, 2.05) is 12.1 Å². The predicted octanol–water partition coefficient (Wildman–Crippen LogP) is 2.64. The zero-order chi connectivity index (χ0) is 13.5. The zero-order valence-corrected chi connectivity index (χ0v) is 12.3. The summed E-state index contributed by atoms with van der Waals surface area (Å²) in [5.74, 6) is 0.907. The molecule has 1 saturated carbocycles. The lowest BCUT2D eigenvalue weighted by Crippen LogP contribution is -2.41. The molecule has 19 heavy (non-hydrogen) atoms. The van der Waals surface area contributed by atoms with Crippen LogP contribution in [-0.2, 0) is 6.42 Å². The minimum absolute atomic E-state index is 0.580. The molecule has 0 heterocycles. The molecular weight excluding hydrogens is 256 g/mol. The van der Waals surface area contributed by atoms with Gasteiger partial charge >= 0.3 is 0 Å². The lowest BCUT2D eigenvalue weighted by atomic mass is 10.1.